The Bertz CT molecular complexity index is 1070. The molecule has 1 atom stereocenters. The van der Waals surface area contributed by atoms with Crippen LogP contribution in [0.2, 0.25) is 0 Å². The molecule has 1 aliphatic heterocycles. The lowest BCUT2D eigenvalue weighted by atomic mass is 10.2. The molecule has 0 saturated carbocycles. The van der Waals surface area contributed by atoms with E-state index < -0.39 is 5.82 Å². The van der Waals surface area contributed by atoms with Crippen molar-refractivity contribution in [3.05, 3.63) is 35.4 Å². The second-order valence-corrected chi connectivity index (χ2v) is 8.21. The van der Waals surface area contributed by atoms with Crippen molar-refractivity contribution in [3.63, 3.8) is 0 Å². The number of amides is 1. The minimum Gasteiger partial charge on any atom is -0.489 e. The third-order valence-corrected chi connectivity index (χ3v) is 5.41. The zero-order valence-electron chi connectivity index (χ0n) is 17.1. The van der Waals surface area contributed by atoms with Gasteiger partial charge in [0, 0.05) is 25.7 Å². The molecular weight excluding hydrogens is 423 g/mol. The normalized spacial score (nSPS) is 16.5. The van der Waals surface area contributed by atoms with Gasteiger partial charge in [-0.05, 0) is 26.0 Å². The maximum Gasteiger partial charge on any atom is 0.280 e. The summed E-state index contributed by atoms with van der Waals surface area (Å²) in [4.78, 5) is 26.0. The van der Waals surface area contributed by atoms with Crippen LogP contribution < -0.4 is 20.7 Å². The zero-order chi connectivity index (χ0) is 21.8. The summed E-state index contributed by atoms with van der Waals surface area (Å²) in [6.07, 6.45) is 1.19. The number of thiazole rings is 1. The number of fused-ring (bicyclic) bond motifs is 1. The summed E-state index contributed by atoms with van der Waals surface area (Å²) >= 11 is 1.17. The Labute approximate surface area is 182 Å². The predicted octanol–water partition coefficient (Wildman–Crippen LogP) is 2.47. The summed E-state index contributed by atoms with van der Waals surface area (Å²) in [6, 6.07) is 4.21. The molecule has 1 aliphatic rings. The van der Waals surface area contributed by atoms with E-state index in [1.54, 1.807) is 6.07 Å². The van der Waals surface area contributed by atoms with Crippen LogP contribution in [0.4, 0.5) is 15.9 Å². The molecule has 0 bridgehead atoms. The average Bonchev–Trinajstić information content (AvgIpc) is 3.20. The highest BCUT2D eigenvalue weighted by atomic mass is 32.1. The largest absolute Gasteiger partial charge is 0.489 e. The smallest absolute Gasteiger partial charge is 0.280 e. The summed E-state index contributed by atoms with van der Waals surface area (Å²) in [5.41, 5.74) is 0.990. The third kappa shape index (κ3) is 5.24. The molecule has 1 aromatic carbocycles. The Morgan fingerprint density at radius 2 is 2.29 bits per heavy atom. The lowest BCUT2D eigenvalue weighted by Crippen LogP contribution is -2.45. The minimum atomic E-state index is -0.404. The van der Waals surface area contributed by atoms with E-state index in [0.717, 1.165) is 6.54 Å². The first-order valence-electron chi connectivity index (χ1n) is 9.95. The summed E-state index contributed by atoms with van der Waals surface area (Å²) in [5, 5.41) is 9.47. The van der Waals surface area contributed by atoms with Crippen molar-refractivity contribution in [2.75, 3.05) is 31.6 Å². The second kappa shape index (κ2) is 9.50. The van der Waals surface area contributed by atoms with Gasteiger partial charge < -0.3 is 25.4 Å². The van der Waals surface area contributed by atoms with Crippen LogP contribution in [0.15, 0.2) is 24.5 Å². The molecule has 1 amide bonds. The predicted molar refractivity (Wildman–Crippen MR) is 116 cm³/mol. The molecule has 4 rings (SSSR count). The van der Waals surface area contributed by atoms with Crippen LogP contribution in [0, 0.1) is 5.82 Å². The van der Waals surface area contributed by atoms with Gasteiger partial charge in [0.05, 0.1) is 24.5 Å². The molecule has 0 spiro atoms. The van der Waals surface area contributed by atoms with E-state index >= 15 is 0 Å². The first-order chi connectivity index (χ1) is 15.0. The number of ether oxygens (including phenoxy) is 2. The van der Waals surface area contributed by atoms with Crippen LogP contribution in [0.1, 0.15) is 23.6 Å². The minimum absolute atomic E-state index is 0.0676. The van der Waals surface area contributed by atoms with Gasteiger partial charge in [-0.1, -0.05) is 11.3 Å². The molecule has 31 heavy (non-hydrogen) atoms. The molecule has 1 saturated heterocycles. The molecule has 1 unspecified atom stereocenters. The van der Waals surface area contributed by atoms with Crippen LogP contribution in [0.25, 0.3) is 10.3 Å². The number of benzene rings is 1. The van der Waals surface area contributed by atoms with Gasteiger partial charge in [-0.3, -0.25) is 4.79 Å². The van der Waals surface area contributed by atoms with E-state index in [2.05, 4.69) is 30.9 Å². The fourth-order valence-electron chi connectivity index (χ4n) is 3.05. The van der Waals surface area contributed by atoms with Crippen LogP contribution in [0.5, 0.6) is 5.75 Å². The topological polar surface area (TPSA) is 110 Å². The van der Waals surface area contributed by atoms with E-state index in [0.29, 0.717) is 47.3 Å². The first-order valence-corrected chi connectivity index (χ1v) is 10.8. The summed E-state index contributed by atoms with van der Waals surface area (Å²) in [5.74, 6) is 0.0592. The molecule has 0 aliphatic carbocycles. The molecule has 0 radical (unpaired) electrons. The number of morpholine rings is 1. The highest BCUT2D eigenvalue weighted by molar-refractivity contribution is 7.19. The van der Waals surface area contributed by atoms with Crippen molar-refractivity contribution in [3.8, 4) is 5.75 Å². The molecule has 9 nitrogen and oxygen atoms in total. The highest BCUT2D eigenvalue weighted by Gasteiger charge is 2.19. The Kier molecular flexibility index (Phi) is 6.54. The van der Waals surface area contributed by atoms with Gasteiger partial charge in [0.15, 0.2) is 10.8 Å². The Morgan fingerprint density at radius 3 is 3.06 bits per heavy atom. The number of carbonyl (C=O) groups excluding carboxylic acids is 1. The number of hydrogen-bond acceptors (Lipinski definition) is 9. The lowest BCUT2D eigenvalue weighted by Gasteiger charge is -2.23. The van der Waals surface area contributed by atoms with Gasteiger partial charge >= 0.3 is 0 Å². The van der Waals surface area contributed by atoms with Crippen LogP contribution >= 0.6 is 11.3 Å². The van der Waals surface area contributed by atoms with E-state index in [-0.39, 0.29) is 23.1 Å². The van der Waals surface area contributed by atoms with E-state index in [4.69, 9.17) is 9.47 Å². The highest BCUT2D eigenvalue weighted by Crippen LogP contribution is 2.32. The number of carbonyl (C=O) groups is 1. The Morgan fingerprint density at radius 1 is 1.42 bits per heavy atom. The third-order valence-electron chi connectivity index (χ3n) is 4.44. The fourth-order valence-corrected chi connectivity index (χ4v) is 3.88. The summed E-state index contributed by atoms with van der Waals surface area (Å²) in [7, 11) is 0. The van der Waals surface area contributed by atoms with E-state index in [1.807, 2.05) is 13.8 Å². The van der Waals surface area contributed by atoms with Gasteiger partial charge in [-0.25, -0.2) is 19.3 Å². The number of hydrogen-bond donors (Lipinski definition) is 3. The monoisotopic (exact) mass is 446 g/mol. The molecule has 3 heterocycles. The maximum absolute atomic E-state index is 13.7. The van der Waals surface area contributed by atoms with E-state index in [1.165, 1.54) is 29.8 Å². The van der Waals surface area contributed by atoms with E-state index in [9.17, 15) is 9.18 Å². The van der Waals surface area contributed by atoms with Crippen LogP contribution in [0.3, 0.4) is 0 Å². The number of nitrogens with one attached hydrogen (secondary N) is 3. The fraction of sp³-hybridized carbons (Fsp3) is 0.400. The second-order valence-electron chi connectivity index (χ2n) is 7.23. The molecule has 11 heteroatoms. The van der Waals surface area contributed by atoms with Gasteiger partial charge in [-0.2, -0.15) is 0 Å². The number of rotatable bonds is 7. The Hall–Kier alpha value is -2.89. The summed E-state index contributed by atoms with van der Waals surface area (Å²) in [6.45, 7) is 6.24. The quantitative estimate of drug-likeness (QED) is 0.508. The van der Waals surface area contributed by atoms with Crippen molar-refractivity contribution >= 4 is 39.1 Å². The van der Waals surface area contributed by atoms with Crippen molar-refractivity contribution in [2.45, 2.75) is 26.1 Å². The Balaban J connectivity index is 1.53. The molecule has 2 aromatic heterocycles. The van der Waals surface area contributed by atoms with Crippen LogP contribution in [-0.2, 0) is 4.74 Å². The van der Waals surface area contributed by atoms with Crippen molar-refractivity contribution < 1.29 is 18.7 Å². The molecule has 3 N–H and O–H groups in total. The van der Waals surface area contributed by atoms with Crippen molar-refractivity contribution in [1.29, 1.82) is 0 Å². The average molecular weight is 447 g/mol. The van der Waals surface area contributed by atoms with Gasteiger partial charge in [0.1, 0.15) is 28.2 Å². The maximum atomic E-state index is 13.7. The van der Waals surface area contributed by atoms with Gasteiger partial charge in [-0.15, -0.1) is 0 Å². The number of anilines is 2. The SMILES string of the molecule is CC(C)Oc1cc(F)ccc1Nc1ncnc2sc(C(=O)NCC3CNCCO3)nc12. The van der Waals surface area contributed by atoms with Gasteiger partial charge in [0.2, 0.25) is 0 Å². The number of nitrogens with zero attached hydrogens (tertiary/aromatic N) is 3. The number of aromatic nitrogens is 3. The zero-order valence-corrected chi connectivity index (χ0v) is 18.0. The molecule has 164 valence electrons. The standard InChI is InChI=1S/C20H23FN6O3S/c1-11(2)30-15-7-12(21)3-4-14(15)26-17-16-19(25-10-24-17)31-20(27-16)18(28)23-9-13-8-22-5-6-29-13/h3-4,7,10-11,13,22H,5-6,8-9H2,1-2H3,(H,23,28)(H,24,25,26). The molecule has 1 fully saturated rings. The summed E-state index contributed by atoms with van der Waals surface area (Å²) < 4.78 is 25.0. The van der Waals surface area contributed by atoms with Gasteiger partial charge in [0.25, 0.3) is 5.91 Å². The molecular formula is C20H23FN6O3S. The molecule has 3 aromatic rings. The van der Waals surface area contributed by atoms with Crippen molar-refractivity contribution in [1.82, 2.24) is 25.6 Å². The van der Waals surface area contributed by atoms with Crippen molar-refractivity contribution in [2.24, 2.45) is 0 Å². The lowest BCUT2D eigenvalue weighted by molar-refractivity contribution is 0.0287. The first kappa shape index (κ1) is 21.3. The van der Waals surface area contributed by atoms with Crippen LogP contribution in [-0.4, -0.2) is 59.3 Å². The number of halogens is 1.